The summed E-state index contributed by atoms with van der Waals surface area (Å²) < 4.78 is 23.5. The Labute approximate surface area is 118 Å². The average Bonchev–Trinajstić information content (AvgIpc) is 2.76. The fourth-order valence-electron chi connectivity index (χ4n) is 2.58. The first kappa shape index (κ1) is 14.8. The number of likely N-dealkylation sites (tertiary alicyclic amines) is 1. The molecule has 1 amide bonds. The molecule has 1 saturated heterocycles. The Morgan fingerprint density at radius 1 is 1.40 bits per heavy atom. The summed E-state index contributed by atoms with van der Waals surface area (Å²) in [5, 5.41) is 0. The minimum Gasteiger partial charge on any atom is -0.494 e. The molecular weight excluding hydrogens is 261 g/mol. The molecule has 0 saturated carbocycles. The van der Waals surface area contributed by atoms with E-state index >= 15 is 0 Å². The van der Waals surface area contributed by atoms with E-state index in [1.54, 1.807) is 13.2 Å². The number of benzene rings is 1. The van der Waals surface area contributed by atoms with Crippen molar-refractivity contribution in [1.29, 1.82) is 0 Å². The lowest BCUT2D eigenvalue weighted by atomic mass is 9.98. The van der Waals surface area contributed by atoms with Crippen LogP contribution in [-0.2, 0) is 16.0 Å². The van der Waals surface area contributed by atoms with Crippen molar-refractivity contribution in [3.05, 3.63) is 29.6 Å². The topological polar surface area (TPSA) is 38.8 Å². The Bertz CT molecular complexity index is 478. The monoisotopic (exact) mass is 281 g/mol. The predicted octanol–water partition coefficient (Wildman–Crippen LogP) is 1.87. The van der Waals surface area contributed by atoms with Crippen molar-refractivity contribution in [2.75, 3.05) is 33.9 Å². The third-order valence-electron chi connectivity index (χ3n) is 3.60. The summed E-state index contributed by atoms with van der Waals surface area (Å²) in [6, 6.07) is 4.97. The molecule has 1 aliphatic rings. The Hall–Kier alpha value is -1.62. The molecule has 0 N–H and O–H groups in total. The molecule has 0 aliphatic carbocycles. The zero-order valence-corrected chi connectivity index (χ0v) is 11.9. The lowest BCUT2D eigenvalue weighted by Crippen LogP contribution is -2.28. The fraction of sp³-hybridized carbons (Fsp3) is 0.533. The van der Waals surface area contributed by atoms with Crippen LogP contribution in [0, 0.1) is 11.7 Å². The first-order valence-corrected chi connectivity index (χ1v) is 6.73. The number of hydrogen-bond donors (Lipinski definition) is 0. The smallest absolute Gasteiger partial charge is 0.223 e. The van der Waals surface area contributed by atoms with Gasteiger partial charge in [0.05, 0.1) is 13.7 Å². The number of ether oxygens (including phenoxy) is 2. The molecule has 1 aromatic carbocycles. The van der Waals surface area contributed by atoms with Crippen LogP contribution in [0.4, 0.5) is 4.39 Å². The molecule has 1 atom stereocenters. The molecule has 1 fully saturated rings. The van der Waals surface area contributed by atoms with E-state index in [4.69, 9.17) is 9.47 Å². The molecule has 110 valence electrons. The van der Waals surface area contributed by atoms with E-state index in [9.17, 15) is 9.18 Å². The minimum absolute atomic E-state index is 0.154. The SMILES string of the molecule is COCCN1C[C@H](Cc2ccc(OC)c(F)c2)CC1=O. The third kappa shape index (κ3) is 3.48. The lowest BCUT2D eigenvalue weighted by molar-refractivity contribution is -0.128. The molecular formula is C15H20FNO3. The summed E-state index contributed by atoms with van der Waals surface area (Å²) in [5.41, 5.74) is 0.898. The molecule has 0 unspecified atom stereocenters. The number of halogens is 1. The van der Waals surface area contributed by atoms with E-state index in [2.05, 4.69) is 0 Å². The first-order chi connectivity index (χ1) is 9.63. The van der Waals surface area contributed by atoms with Crippen LogP contribution in [0.25, 0.3) is 0 Å². The average molecular weight is 281 g/mol. The summed E-state index contributed by atoms with van der Waals surface area (Å²) in [6.07, 6.45) is 1.23. The number of methoxy groups -OCH3 is 2. The van der Waals surface area contributed by atoms with Gasteiger partial charge >= 0.3 is 0 Å². The maximum atomic E-state index is 13.6. The van der Waals surface area contributed by atoms with Gasteiger partial charge in [0.1, 0.15) is 0 Å². The number of amides is 1. The van der Waals surface area contributed by atoms with Gasteiger partial charge in [0.2, 0.25) is 5.91 Å². The van der Waals surface area contributed by atoms with Crippen molar-refractivity contribution in [1.82, 2.24) is 4.90 Å². The van der Waals surface area contributed by atoms with Crippen LogP contribution in [0.3, 0.4) is 0 Å². The van der Waals surface area contributed by atoms with E-state index in [1.807, 2.05) is 11.0 Å². The molecule has 1 heterocycles. The van der Waals surface area contributed by atoms with Crippen molar-refractivity contribution in [3.8, 4) is 5.75 Å². The summed E-state index contributed by atoms with van der Waals surface area (Å²) in [5.74, 6) is 0.289. The molecule has 2 rings (SSSR count). The van der Waals surface area contributed by atoms with Crippen molar-refractivity contribution < 1.29 is 18.7 Å². The molecule has 0 radical (unpaired) electrons. The molecule has 1 aliphatic heterocycles. The van der Waals surface area contributed by atoms with Gasteiger partial charge in [-0.15, -0.1) is 0 Å². The second-order valence-corrected chi connectivity index (χ2v) is 5.08. The van der Waals surface area contributed by atoms with Crippen molar-refractivity contribution in [2.45, 2.75) is 12.8 Å². The molecule has 5 heteroatoms. The van der Waals surface area contributed by atoms with Gasteiger partial charge in [0, 0.05) is 26.6 Å². The first-order valence-electron chi connectivity index (χ1n) is 6.73. The Morgan fingerprint density at radius 3 is 2.85 bits per heavy atom. The molecule has 0 spiro atoms. The predicted molar refractivity (Wildman–Crippen MR) is 73.2 cm³/mol. The van der Waals surface area contributed by atoms with Crippen molar-refractivity contribution >= 4 is 5.91 Å². The number of carbonyl (C=O) groups is 1. The van der Waals surface area contributed by atoms with Crippen LogP contribution in [0.5, 0.6) is 5.75 Å². The Morgan fingerprint density at radius 2 is 2.20 bits per heavy atom. The second kappa shape index (κ2) is 6.70. The standard InChI is InChI=1S/C15H20FNO3/c1-19-6-5-17-10-12(9-15(17)18)7-11-3-4-14(20-2)13(16)8-11/h3-4,8,12H,5-7,9-10H2,1-2H3/t12-/m1/s1. The zero-order chi connectivity index (χ0) is 14.5. The van der Waals surface area contributed by atoms with E-state index in [0.29, 0.717) is 26.0 Å². The maximum Gasteiger partial charge on any atom is 0.223 e. The molecule has 0 aromatic heterocycles. The highest BCUT2D eigenvalue weighted by molar-refractivity contribution is 5.78. The molecule has 20 heavy (non-hydrogen) atoms. The van der Waals surface area contributed by atoms with Gasteiger partial charge in [-0.1, -0.05) is 6.07 Å². The third-order valence-corrected chi connectivity index (χ3v) is 3.60. The zero-order valence-electron chi connectivity index (χ0n) is 11.9. The number of nitrogens with zero attached hydrogens (tertiary/aromatic N) is 1. The van der Waals surface area contributed by atoms with Gasteiger partial charge in [-0.05, 0) is 30.0 Å². The molecule has 0 bridgehead atoms. The fourth-order valence-corrected chi connectivity index (χ4v) is 2.58. The van der Waals surface area contributed by atoms with Gasteiger partial charge in [0.25, 0.3) is 0 Å². The number of hydrogen-bond acceptors (Lipinski definition) is 3. The largest absolute Gasteiger partial charge is 0.494 e. The van der Waals surface area contributed by atoms with Crippen LogP contribution in [-0.4, -0.2) is 44.7 Å². The quantitative estimate of drug-likeness (QED) is 0.799. The normalized spacial score (nSPS) is 18.6. The van der Waals surface area contributed by atoms with Gasteiger partial charge < -0.3 is 14.4 Å². The van der Waals surface area contributed by atoms with Gasteiger partial charge in [-0.3, -0.25) is 4.79 Å². The van der Waals surface area contributed by atoms with E-state index in [0.717, 1.165) is 12.1 Å². The van der Waals surface area contributed by atoms with Crippen LogP contribution >= 0.6 is 0 Å². The second-order valence-electron chi connectivity index (χ2n) is 5.08. The van der Waals surface area contributed by atoms with Crippen molar-refractivity contribution in [2.24, 2.45) is 5.92 Å². The Balaban J connectivity index is 1.94. The Kier molecular flexibility index (Phi) is 4.95. The number of carbonyl (C=O) groups excluding carboxylic acids is 1. The van der Waals surface area contributed by atoms with Gasteiger partial charge in [-0.2, -0.15) is 0 Å². The summed E-state index contributed by atoms with van der Waals surface area (Å²) >= 11 is 0. The van der Waals surface area contributed by atoms with Crippen LogP contribution < -0.4 is 4.74 Å². The minimum atomic E-state index is -0.356. The van der Waals surface area contributed by atoms with Gasteiger partial charge in [-0.25, -0.2) is 4.39 Å². The lowest BCUT2D eigenvalue weighted by Gasteiger charge is -2.16. The van der Waals surface area contributed by atoms with E-state index < -0.39 is 0 Å². The summed E-state index contributed by atoms with van der Waals surface area (Å²) in [7, 11) is 3.07. The van der Waals surface area contributed by atoms with Crippen molar-refractivity contribution in [3.63, 3.8) is 0 Å². The highest BCUT2D eigenvalue weighted by Crippen LogP contribution is 2.24. The maximum absolute atomic E-state index is 13.6. The van der Waals surface area contributed by atoms with Crippen LogP contribution in [0.1, 0.15) is 12.0 Å². The van der Waals surface area contributed by atoms with Gasteiger partial charge in [0.15, 0.2) is 11.6 Å². The summed E-state index contributed by atoms with van der Waals surface area (Å²) in [6.45, 7) is 1.90. The molecule has 4 nitrogen and oxygen atoms in total. The van der Waals surface area contributed by atoms with Crippen LogP contribution in [0.15, 0.2) is 18.2 Å². The number of rotatable bonds is 6. The van der Waals surface area contributed by atoms with Crippen LogP contribution in [0.2, 0.25) is 0 Å². The molecule has 1 aromatic rings. The van der Waals surface area contributed by atoms with E-state index in [-0.39, 0.29) is 23.4 Å². The summed E-state index contributed by atoms with van der Waals surface area (Å²) in [4.78, 5) is 13.6. The van der Waals surface area contributed by atoms with E-state index in [1.165, 1.54) is 13.2 Å². The highest BCUT2D eigenvalue weighted by Gasteiger charge is 2.29. The highest BCUT2D eigenvalue weighted by atomic mass is 19.1.